The molecule has 30 heavy (non-hydrogen) atoms. The summed E-state index contributed by atoms with van der Waals surface area (Å²) in [5.41, 5.74) is 5.70. The van der Waals surface area contributed by atoms with Crippen molar-refractivity contribution >= 4 is 40.8 Å². The first-order valence-corrected chi connectivity index (χ1v) is 11.0. The highest BCUT2D eigenvalue weighted by atomic mass is 35.5. The van der Waals surface area contributed by atoms with Crippen molar-refractivity contribution in [2.45, 2.75) is 55.7 Å². The fourth-order valence-electron chi connectivity index (χ4n) is 3.57. The molecule has 0 aromatic carbocycles. The van der Waals surface area contributed by atoms with Crippen molar-refractivity contribution in [1.82, 2.24) is 15.0 Å². The van der Waals surface area contributed by atoms with Gasteiger partial charge in [-0.3, -0.25) is 0 Å². The number of pyridine rings is 1. The number of hydrogen-bond acceptors (Lipinski definition) is 7. The van der Waals surface area contributed by atoms with Gasteiger partial charge in [-0.25, -0.2) is 23.7 Å². The van der Waals surface area contributed by atoms with Crippen molar-refractivity contribution in [3.63, 3.8) is 0 Å². The molecule has 1 atom stereocenters. The van der Waals surface area contributed by atoms with Crippen LogP contribution < -0.4 is 10.6 Å². The van der Waals surface area contributed by atoms with Crippen molar-refractivity contribution in [2.24, 2.45) is 11.1 Å². The quantitative estimate of drug-likeness (QED) is 0.598. The van der Waals surface area contributed by atoms with Gasteiger partial charge >= 0.3 is 0 Å². The number of halogens is 4. The third-order valence-corrected chi connectivity index (χ3v) is 7.60. The molecule has 1 fully saturated rings. The first-order valence-electron chi connectivity index (χ1n) is 9.44. The molecule has 0 saturated carbocycles. The van der Waals surface area contributed by atoms with Gasteiger partial charge in [0.25, 0.3) is 0 Å². The normalized spacial score (nSPS) is 17.4. The van der Waals surface area contributed by atoms with Crippen LogP contribution in [0.3, 0.4) is 0 Å². The Morgan fingerprint density at radius 2 is 1.97 bits per heavy atom. The summed E-state index contributed by atoms with van der Waals surface area (Å²) in [4.78, 5) is 15.7. The van der Waals surface area contributed by atoms with Gasteiger partial charge in [-0.2, -0.15) is 0 Å². The van der Waals surface area contributed by atoms with Crippen molar-refractivity contribution in [3.8, 4) is 0 Å². The Morgan fingerprint density at radius 3 is 2.53 bits per heavy atom. The van der Waals surface area contributed by atoms with E-state index in [1.54, 1.807) is 26.1 Å². The molecule has 0 spiro atoms. The van der Waals surface area contributed by atoms with E-state index in [4.69, 9.17) is 28.9 Å². The van der Waals surface area contributed by atoms with Crippen molar-refractivity contribution in [1.29, 1.82) is 0 Å². The molecule has 2 aromatic heterocycles. The highest BCUT2D eigenvalue weighted by molar-refractivity contribution is 7.99. The molecule has 3 heterocycles. The summed E-state index contributed by atoms with van der Waals surface area (Å²) in [6, 6.07) is 1.11. The minimum absolute atomic E-state index is 0.191. The van der Waals surface area contributed by atoms with Crippen LogP contribution in [0.4, 0.5) is 14.6 Å². The molecule has 1 unspecified atom stereocenters. The summed E-state index contributed by atoms with van der Waals surface area (Å²) >= 11 is 13.5. The van der Waals surface area contributed by atoms with Crippen LogP contribution in [0, 0.1) is 12.3 Å². The van der Waals surface area contributed by atoms with Gasteiger partial charge in [-0.05, 0) is 32.8 Å². The maximum atomic E-state index is 13.7. The molecule has 0 aliphatic carbocycles. The van der Waals surface area contributed by atoms with Crippen LogP contribution in [0.25, 0.3) is 0 Å². The van der Waals surface area contributed by atoms with Gasteiger partial charge in [0.05, 0.1) is 17.3 Å². The van der Waals surface area contributed by atoms with E-state index in [-0.39, 0.29) is 24.6 Å². The minimum atomic E-state index is -2.49. The predicted octanol–water partition coefficient (Wildman–Crippen LogP) is 4.33. The van der Waals surface area contributed by atoms with E-state index in [0.717, 1.165) is 0 Å². The zero-order chi connectivity index (χ0) is 22.1. The molecular formula is C19H23Cl2F2N5OS. The van der Waals surface area contributed by atoms with Crippen LogP contribution in [-0.4, -0.2) is 45.6 Å². The standard InChI is InChI=1S/C19H23Cl2F2N5OS/c1-10-17(30-13-3-6-25-15(21)14(13)20)27-12(9-29)16(26-10)28-7-4-19(5-8-28,11(2)24)18(22)23/h3,6,11,18,29H,4-5,7-9,24H2,1-2H3. The van der Waals surface area contributed by atoms with Gasteiger partial charge in [-0.1, -0.05) is 35.0 Å². The zero-order valence-electron chi connectivity index (χ0n) is 16.6. The highest BCUT2D eigenvalue weighted by Crippen LogP contribution is 2.42. The number of hydrogen-bond donors (Lipinski definition) is 2. The smallest absolute Gasteiger partial charge is 0.245 e. The summed E-state index contributed by atoms with van der Waals surface area (Å²) in [7, 11) is 0. The molecule has 2 aromatic rings. The molecule has 1 saturated heterocycles. The Balaban J connectivity index is 1.86. The van der Waals surface area contributed by atoms with Crippen molar-refractivity contribution in [3.05, 3.63) is 33.8 Å². The van der Waals surface area contributed by atoms with Gasteiger partial charge < -0.3 is 15.7 Å². The molecule has 1 aliphatic heterocycles. The van der Waals surface area contributed by atoms with Crippen LogP contribution in [0.5, 0.6) is 0 Å². The number of nitrogens with zero attached hydrogens (tertiary/aromatic N) is 4. The predicted molar refractivity (Wildman–Crippen MR) is 115 cm³/mol. The Hall–Kier alpha value is -1.26. The Kier molecular flexibility index (Phi) is 7.40. The lowest BCUT2D eigenvalue weighted by atomic mass is 9.73. The minimum Gasteiger partial charge on any atom is -0.390 e. The lowest BCUT2D eigenvalue weighted by Gasteiger charge is -2.44. The number of piperidine rings is 1. The summed E-state index contributed by atoms with van der Waals surface area (Å²) < 4.78 is 27.4. The monoisotopic (exact) mass is 477 g/mol. The SMILES string of the molecule is Cc1nc(N2CCC(C(C)N)(C(F)F)CC2)c(CO)nc1Sc1ccnc(Cl)c1Cl. The van der Waals surface area contributed by atoms with Crippen molar-refractivity contribution < 1.29 is 13.9 Å². The number of aliphatic hydroxyl groups excluding tert-OH is 1. The lowest BCUT2D eigenvalue weighted by Crippen LogP contribution is -2.52. The number of aryl methyl sites for hydroxylation is 1. The number of aromatic nitrogens is 3. The molecule has 0 amide bonds. The Bertz CT molecular complexity index is 901. The van der Waals surface area contributed by atoms with Gasteiger partial charge in [0, 0.05) is 35.6 Å². The van der Waals surface area contributed by atoms with Crippen LogP contribution in [-0.2, 0) is 6.61 Å². The summed E-state index contributed by atoms with van der Waals surface area (Å²) in [6.45, 7) is 3.83. The van der Waals surface area contributed by atoms with E-state index in [1.807, 2.05) is 4.90 Å². The molecule has 0 radical (unpaired) electrons. The van der Waals surface area contributed by atoms with Gasteiger partial charge in [0.15, 0.2) is 5.82 Å². The summed E-state index contributed by atoms with van der Waals surface area (Å²) in [5.74, 6) is 0.505. The molecule has 164 valence electrons. The molecule has 1 aliphatic rings. The average molecular weight is 478 g/mol. The van der Waals surface area contributed by atoms with Gasteiger partial charge in [0.1, 0.15) is 15.9 Å². The second kappa shape index (κ2) is 9.48. The fraction of sp³-hybridized carbons (Fsp3) is 0.526. The largest absolute Gasteiger partial charge is 0.390 e. The van der Waals surface area contributed by atoms with Gasteiger partial charge in [0.2, 0.25) is 6.43 Å². The number of aliphatic hydroxyl groups is 1. The first kappa shape index (κ1) is 23.4. The van der Waals surface area contributed by atoms with Crippen LogP contribution in [0.15, 0.2) is 22.2 Å². The number of nitrogens with two attached hydrogens (primary N) is 1. The third kappa shape index (κ3) is 4.50. The molecule has 3 N–H and O–H groups in total. The van der Waals surface area contributed by atoms with Crippen LogP contribution in [0.1, 0.15) is 31.2 Å². The van der Waals surface area contributed by atoms with E-state index < -0.39 is 17.9 Å². The lowest BCUT2D eigenvalue weighted by molar-refractivity contribution is -0.0365. The van der Waals surface area contributed by atoms with E-state index >= 15 is 0 Å². The van der Waals surface area contributed by atoms with Crippen LogP contribution >= 0.6 is 35.0 Å². The van der Waals surface area contributed by atoms with Crippen molar-refractivity contribution in [2.75, 3.05) is 18.0 Å². The second-order valence-corrected chi connectivity index (χ2v) is 9.13. The maximum Gasteiger partial charge on any atom is 0.245 e. The fourth-order valence-corrected chi connectivity index (χ4v) is 4.89. The van der Waals surface area contributed by atoms with Gasteiger partial charge in [-0.15, -0.1) is 0 Å². The Labute approximate surface area is 188 Å². The van der Waals surface area contributed by atoms with E-state index in [9.17, 15) is 13.9 Å². The molecule has 0 bridgehead atoms. The third-order valence-electron chi connectivity index (χ3n) is 5.58. The zero-order valence-corrected chi connectivity index (χ0v) is 18.9. The first-order chi connectivity index (χ1) is 14.2. The molecule has 11 heteroatoms. The van der Waals surface area contributed by atoms with E-state index in [0.29, 0.717) is 45.2 Å². The Morgan fingerprint density at radius 1 is 1.30 bits per heavy atom. The van der Waals surface area contributed by atoms with Crippen LogP contribution in [0.2, 0.25) is 10.2 Å². The number of anilines is 1. The number of alkyl halides is 2. The molecular weight excluding hydrogens is 455 g/mol. The topological polar surface area (TPSA) is 88.2 Å². The highest BCUT2D eigenvalue weighted by Gasteiger charge is 2.46. The maximum absolute atomic E-state index is 13.7. The van der Waals surface area contributed by atoms with E-state index in [1.165, 1.54) is 11.8 Å². The number of rotatable bonds is 6. The van der Waals surface area contributed by atoms with E-state index in [2.05, 4.69) is 15.0 Å². The summed E-state index contributed by atoms with van der Waals surface area (Å²) in [6.07, 6.45) is -0.451. The molecule has 3 rings (SSSR count). The average Bonchev–Trinajstić information content (AvgIpc) is 2.72. The molecule has 6 nitrogen and oxygen atoms in total. The summed E-state index contributed by atoms with van der Waals surface area (Å²) in [5, 5.41) is 10.9. The second-order valence-electron chi connectivity index (χ2n) is 7.37.